The number of aromatic nitrogens is 4. The summed E-state index contributed by atoms with van der Waals surface area (Å²) >= 11 is 6.13. The zero-order valence-electron chi connectivity index (χ0n) is 16.2. The number of hydrogen-bond donors (Lipinski definition) is 1. The third-order valence-corrected chi connectivity index (χ3v) is 5.12. The Labute approximate surface area is 173 Å². The van der Waals surface area contributed by atoms with Gasteiger partial charge >= 0.3 is 0 Å². The van der Waals surface area contributed by atoms with Gasteiger partial charge in [-0.2, -0.15) is 15.2 Å². The van der Waals surface area contributed by atoms with E-state index in [4.69, 9.17) is 26.3 Å². The van der Waals surface area contributed by atoms with Crippen molar-refractivity contribution in [2.24, 2.45) is 0 Å². The number of hydrogen-bond acceptors (Lipinski definition) is 6. The minimum absolute atomic E-state index is 0.0846. The smallest absolute Gasteiger partial charge is 0.250 e. The second-order valence-electron chi connectivity index (χ2n) is 7.05. The molecule has 0 aliphatic carbocycles. The molecule has 0 bridgehead atoms. The van der Waals surface area contributed by atoms with E-state index in [1.807, 2.05) is 32.0 Å². The summed E-state index contributed by atoms with van der Waals surface area (Å²) in [4.78, 5) is 16.5. The number of halogens is 1. The molecule has 3 aromatic rings. The van der Waals surface area contributed by atoms with Crippen LogP contribution in [0.4, 0.5) is 0 Å². The van der Waals surface area contributed by atoms with Crippen molar-refractivity contribution in [3.63, 3.8) is 0 Å². The van der Waals surface area contributed by atoms with Crippen molar-refractivity contribution < 1.29 is 9.47 Å². The molecule has 4 rings (SSSR count). The van der Waals surface area contributed by atoms with Crippen LogP contribution in [-0.4, -0.2) is 33.1 Å². The topological polar surface area (TPSA) is 96.7 Å². The summed E-state index contributed by atoms with van der Waals surface area (Å²) in [6.07, 6.45) is 5.03. The maximum Gasteiger partial charge on any atom is 0.250 e. The van der Waals surface area contributed by atoms with Crippen LogP contribution >= 0.6 is 11.6 Å². The molecule has 1 aromatic carbocycles. The number of nitriles is 1. The van der Waals surface area contributed by atoms with Crippen LogP contribution in [-0.2, 0) is 4.74 Å². The highest BCUT2D eigenvalue weighted by Gasteiger charge is 2.22. The Bertz CT molecular complexity index is 1100. The fourth-order valence-electron chi connectivity index (χ4n) is 3.57. The lowest BCUT2D eigenvalue weighted by molar-refractivity contribution is 0.0838. The lowest BCUT2D eigenvalue weighted by Crippen LogP contribution is -2.15. The Hall–Kier alpha value is -2.95. The van der Waals surface area contributed by atoms with Crippen molar-refractivity contribution >= 4 is 28.8 Å². The number of allylic oxidation sites excluding steroid dienone is 1. The normalized spacial score (nSPS) is 15.1. The molecule has 1 fully saturated rings. The van der Waals surface area contributed by atoms with E-state index in [9.17, 15) is 0 Å². The third-order valence-electron chi connectivity index (χ3n) is 4.95. The zero-order valence-corrected chi connectivity index (χ0v) is 17.0. The summed E-state index contributed by atoms with van der Waals surface area (Å²) in [5.74, 6) is 2.18. The van der Waals surface area contributed by atoms with Crippen LogP contribution in [0.2, 0.25) is 5.28 Å². The lowest BCUT2D eigenvalue weighted by Gasteiger charge is -2.19. The summed E-state index contributed by atoms with van der Waals surface area (Å²) in [5.41, 5.74) is 3.90. The molecule has 1 aliphatic rings. The van der Waals surface area contributed by atoms with Gasteiger partial charge in [0.15, 0.2) is 5.65 Å². The van der Waals surface area contributed by atoms with E-state index in [1.54, 1.807) is 6.08 Å². The SMILES string of the molecule is Cc1cc(/C=C/C#N)cc(C)c1Oc1nc(Cl)nc2nc(C3CCOCC3)[nH]c12. The van der Waals surface area contributed by atoms with Gasteiger partial charge in [-0.3, -0.25) is 0 Å². The molecular formula is C21H20ClN5O2. The first-order valence-electron chi connectivity index (χ1n) is 9.41. The molecule has 0 spiro atoms. The van der Waals surface area contributed by atoms with Gasteiger partial charge in [-0.05, 0) is 73.2 Å². The maximum absolute atomic E-state index is 8.73. The van der Waals surface area contributed by atoms with Gasteiger partial charge in [0, 0.05) is 25.2 Å². The Kier molecular flexibility index (Phi) is 5.47. The van der Waals surface area contributed by atoms with Crippen LogP contribution in [0.3, 0.4) is 0 Å². The zero-order chi connectivity index (χ0) is 20.4. The highest BCUT2D eigenvalue weighted by atomic mass is 35.5. The molecule has 1 N–H and O–H groups in total. The lowest BCUT2D eigenvalue weighted by atomic mass is 10.00. The van der Waals surface area contributed by atoms with Gasteiger partial charge in [0.25, 0.3) is 0 Å². The highest BCUT2D eigenvalue weighted by Crippen LogP contribution is 2.34. The molecule has 0 unspecified atom stereocenters. The number of H-pyrrole nitrogens is 1. The molecule has 0 saturated carbocycles. The number of rotatable bonds is 4. The molecule has 3 heterocycles. The average Bonchev–Trinajstić information content (AvgIpc) is 3.14. The largest absolute Gasteiger partial charge is 0.436 e. The number of imidazole rings is 1. The van der Waals surface area contributed by atoms with E-state index in [-0.39, 0.29) is 5.28 Å². The Morgan fingerprint density at radius 3 is 2.62 bits per heavy atom. The first-order chi connectivity index (χ1) is 14.0. The molecule has 2 aromatic heterocycles. The van der Waals surface area contributed by atoms with Gasteiger partial charge in [-0.15, -0.1) is 0 Å². The van der Waals surface area contributed by atoms with Gasteiger partial charge in [-0.25, -0.2) is 4.98 Å². The summed E-state index contributed by atoms with van der Waals surface area (Å²) < 4.78 is 11.6. The molecule has 0 amide bonds. The van der Waals surface area contributed by atoms with Crippen LogP contribution in [0.15, 0.2) is 18.2 Å². The maximum atomic E-state index is 8.73. The van der Waals surface area contributed by atoms with Crippen LogP contribution in [0.1, 0.15) is 41.3 Å². The minimum atomic E-state index is 0.0846. The van der Waals surface area contributed by atoms with Crippen molar-refractivity contribution in [2.45, 2.75) is 32.6 Å². The van der Waals surface area contributed by atoms with Crippen LogP contribution < -0.4 is 4.74 Å². The first-order valence-corrected chi connectivity index (χ1v) is 9.79. The monoisotopic (exact) mass is 409 g/mol. The molecule has 1 saturated heterocycles. The van der Waals surface area contributed by atoms with Crippen LogP contribution in [0.25, 0.3) is 17.2 Å². The molecule has 8 heteroatoms. The number of aryl methyl sites for hydroxylation is 2. The van der Waals surface area contributed by atoms with E-state index < -0.39 is 0 Å². The van der Waals surface area contributed by atoms with E-state index in [0.29, 0.717) is 28.7 Å². The van der Waals surface area contributed by atoms with E-state index in [0.717, 1.165) is 48.6 Å². The van der Waals surface area contributed by atoms with Crippen molar-refractivity contribution in [3.8, 4) is 17.7 Å². The summed E-state index contributed by atoms with van der Waals surface area (Å²) in [7, 11) is 0. The molecular weight excluding hydrogens is 390 g/mol. The van der Waals surface area contributed by atoms with Crippen molar-refractivity contribution in [1.82, 2.24) is 19.9 Å². The van der Waals surface area contributed by atoms with Crippen molar-refractivity contribution in [1.29, 1.82) is 5.26 Å². The molecule has 29 heavy (non-hydrogen) atoms. The van der Waals surface area contributed by atoms with Gasteiger partial charge < -0.3 is 14.5 Å². The van der Waals surface area contributed by atoms with E-state index >= 15 is 0 Å². The average molecular weight is 410 g/mol. The number of ether oxygens (including phenoxy) is 2. The van der Waals surface area contributed by atoms with E-state index in [1.165, 1.54) is 6.08 Å². The summed E-state index contributed by atoms with van der Waals surface area (Å²) in [6, 6.07) is 5.91. The van der Waals surface area contributed by atoms with Gasteiger partial charge in [-0.1, -0.05) is 0 Å². The summed E-state index contributed by atoms with van der Waals surface area (Å²) in [5, 5.41) is 8.82. The highest BCUT2D eigenvalue weighted by molar-refractivity contribution is 6.28. The molecule has 148 valence electrons. The fourth-order valence-corrected chi connectivity index (χ4v) is 3.73. The van der Waals surface area contributed by atoms with Crippen molar-refractivity contribution in [3.05, 3.63) is 46.0 Å². The number of aromatic amines is 1. The molecule has 0 radical (unpaired) electrons. The van der Waals surface area contributed by atoms with Crippen LogP contribution in [0.5, 0.6) is 11.6 Å². The van der Waals surface area contributed by atoms with Gasteiger partial charge in [0.2, 0.25) is 11.2 Å². The molecule has 1 aliphatic heterocycles. The Morgan fingerprint density at radius 1 is 1.21 bits per heavy atom. The Morgan fingerprint density at radius 2 is 1.93 bits per heavy atom. The van der Waals surface area contributed by atoms with Crippen LogP contribution in [0, 0.1) is 25.2 Å². The fraction of sp³-hybridized carbons (Fsp3) is 0.333. The number of nitrogens with zero attached hydrogens (tertiary/aromatic N) is 4. The second kappa shape index (κ2) is 8.19. The standard InChI is InChI=1S/C21H20ClN5O2/c1-12-10-14(4-3-7-23)11-13(2)17(12)29-20-16-19(26-21(22)27-20)25-18(24-16)15-5-8-28-9-6-15/h3-4,10-11,15H,5-6,8-9H2,1-2H3,(H,24,25,26,27)/b4-3+. The van der Waals surface area contributed by atoms with Gasteiger partial charge in [0.1, 0.15) is 17.1 Å². The minimum Gasteiger partial charge on any atom is -0.436 e. The number of benzene rings is 1. The first kappa shape index (κ1) is 19.4. The van der Waals surface area contributed by atoms with E-state index in [2.05, 4.69) is 19.9 Å². The third kappa shape index (κ3) is 4.09. The van der Waals surface area contributed by atoms with Gasteiger partial charge in [0.05, 0.1) is 6.07 Å². The predicted octanol–water partition coefficient (Wildman–Crippen LogP) is 4.85. The quantitative estimate of drug-likeness (QED) is 0.488. The number of fused-ring (bicyclic) bond motifs is 1. The molecule has 0 atom stereocenters. The summed E-state index contributed by atoms with van der Waals surface area (Å²) in [6.45, 7) is 5.35. The second-order valence-corrected chi connectivity index (χ2v) is 7.39. The predicted molar refractivity (Wildman–Crippen MR) is 110 cm³/mol. The molecule has 7 nitrogen and oxygen atoms in total. The number of nitrogens with one attached hydrogen (secondary N) is 1. The van der Waals surface area contributed by atoms with Crippen molar-refractivity contribution in [2.75, 3.05) is 13.2 Å². The Balaban J connectivity index is 1.71.